The minimum Gasteiger partial charge on any atom is -0.496 e. The monoisotopic (exact) mass is 431 g/mol. The van der Waals surface area contributed by atoms with Gasteiger partial charge in [0.05, 0.1) is 23.8 Å². The van der Waals surface area contributed by atoms with Gasteiger partial charge in [-0.2, -0.15) is 0 Å². The lowest BCUT2D eigenvalue weighted by molar-refractivity contribution is -0.121. The third-order valence-electron chi connectivity index (χ3n) is 3.82. The van der Waals surface area contributed by atoms with Crippen molar-refractivity contribution in [2.75, 3.05) is 7.11 Å². The fraction of sp³-hybridized carbons (Fsp3) is 0.211. The van der Waals surface area contributed by atoms with Crippen LogP contribution >= 0.6 is 27.3 Å². The molecule has 0 bridgehead atoms. The maximum Gasteiger partial charge on any atom is 0.220 e. The maximum absolute atomic E-state index is 12.1. The number of carbonyl (C=O) groups excluding carboxylic acids is 1. The van der Waals surface area contributed by atoms with Crippen molar-refractivity contribution in [2.45, 2.75) is 19.4 Å². The summed E-state index contributed by atoms with van der Waals surface area (Å²) in [5.41, 5.74) is 3.02. The normalized spacial score (nSPS) is 10.5. The van der Waals surface area contributed by atoms with Crippen molar-refractivity contribution in [2.24, 2.45) is 0 Å². The number of amides is 1. The Bertz CT molecular complexity index is 884. The molecule has 1 amide bonds. The predicted octanol–water partition coefficient (Wildman–Crippen LogP) is 4.23. The molecule has 2 aromatic heterocycles. The number of pyridine rings is 1. The van der Waals surface area contributed by atoms with E-state index in [0.29, 0.717) is 19.4 Å². The van der Waals surface area contributed by atoms with E-state index in [1.165, 1.54) is 0 Å². The summed E-state index contributed by atoms with van der Waals surface area (Å²) in [7, 11) is 1.63. The van der Waals surface area contributed by atoms with E-state index in [4.69, 9.17) is 4.74 Å². The van der Waals surface area contributed by atoms with Gasteiger partial charge in [-0.15, -0.1) is 11.3 Å². The molecule has 0 saturated heterocycles. The maximum atomic E-state index is 12.1. The smallest absolute Gasteiger partial charge is 0.220 e. The number of rotatable bonds is 7. The van der Waals surface area contributed by atoms with Crippen molar-refractivity contribution < 1.29 is 9.53 Å². The Labute approximate surface area is 164 Å². The van der Waals surface area contributed by atoms with Crippen LogP contribution in [0.4, 0.5) is 0 Å². The van der Waals surface area contributed by atoms with Gasteiger partial charge in [0, 0.05) is 29.8 Å². The average Bonchev–Trinajstić information content (AvgIpc) is 3.14. The summed E-state index contributed by atoms with van der Waals surface area (Å²) >= 11 is 5.00. The molecule has 0 atom stereocenters. The summed E-state index contributed by atoms with van der Waals surface area (Å²) in [6, 6.07) is 9.69. The number of benzene rings is 1. The molecule has 0 unspecified atom stereocenters. The van der Waals surface area contributed by atoms with Crippen LogP contribution in [0.2, 0.25) is 0 Å². The molecule has 0 aliphatic heterocycles. The summed E-state index contributed by atoms with van der Waals surface area (Å²) in [4.78, 5) is 20.7. The van der Waals surface area contributed by atoms with Crippen molar-refractivity contribution in [3.63, 3.8) is 0 Å². The molecule has 7 heteroatoms. The largest absolute Gasteiger partial charge is 0.496 e. The highest BCUT2D eigenvalue weighted by Crippen LogP contribution is 2.26. The number of ether oxygens (including phenoxy) is 1. The van der Waals surface area contributed by atoms with E-state index in [1.54, 1.807) is 30.8 Å². The molecule has 5 nitrogen and oxygen atoms in total. The number of nitrogens with one attached hydrogen (secondary N) is 1. The zero-order valence-corrected chi connectivity index (χ0v) is 16.6. The first-order chi connectivity index (χ1) is 12.7. The Morgan fingerprint density at radius 1 is 1.27 bits per heavy atom. The fourth-order valence-electron chi connectivity index (χ4n) is 2.43. The van der Waals surface area contributed by atoms with Gasteiger partial charge in [0.1, 0.15) is 10.8 Å². The molecule has 1 aromatic carbocycles. The number of methoxy groups -OCH3 is 1. The lowest BCUT2D eigenvalue weighted by atomic mass is 10.1. The number of nitrogens with zero attached hydrogens (tertiary/aromatic N) is 2. The lowest BCUT2D eigenvalue weighted by Gasteiger charge is -2.07. The molecular weight excluding hydrogens is 414 g/mol. The minimum absolute atomic E-state index is 0.0117. The van der Waals surface area contributed by atoms with Gasteiger partial charge in [0.25, 0.3) is 0 Å². The molecule has 0 fully saturated rings. The molecule has 0 aliphatic rings. The number of hydrogen-bond acceptors (Lipinski definition) is 5. The van der Waals surface area contributed by atoms with Crippen LogP contribution in [-0.2, 0) is 17.8 Å². The number of hydrogen-bond donors (Lipinski definition) is 1. The minimum atomic E-state index is 0.0117. The van der Waals surface area contributed by atoms with Crippen LogP contribution in [0.5, 0.6) is 5.75 Å². The molecule has 26 heavy (non-hydrogen) atoms. The molecule has 2 heterocycles. The van der Waals surface area contributed by atoms with Crippen molar-refractivity contribution in [3.8, 4) is 17.0 Å². The third kappa shape index (κ3) is 4.89. The Morgan fingerprint density at radius 2 is 2.08 bits per heavy atom. The summed E-state index contributed by atoms with van der Waals surface area (Å²) in [5.74, 6) is 0.796. The van der Waals surface area contributed by atoms with E-state index < -0.39 is 0 Å². The fourth-order valence-corrected chi connectivity index (χ4v) is 3.76. The van der Waals surface area contributed by atoms with E-state index in [0.717, 1.165) is 32.1 Å². The lowest BCUT2D eigenvalue weighted by Crippen LogP contribution is -2.22. The average molecular weight is 432 g/mol. The molecular formula is C19H18BrN3O2S. The summed E-state index contributed by atoms with van der Waals surface area (Å²) in [6.45, 7) is 0.445. The first-order valence-corrected chi connectivity index (χ1v) is 9.77. The highest BCUT2D eigenvalue weighted by Gasteiger charge is 2.08. The zero-order chi connectivity index (χ0) is 18.4. The van der Waals surface area contributed by atoms with Crippen LogP contribution in [0, 0.1) is 0 Å². The van der Waals surface area contributed by atoms with E-state index in [2.05, 4.69) is 31.2 Å². The Hall–Kier alpha value is -2.25. The first kappa shape index (κ1) is 18.5. The SMILES string of the molecule is COc1ccc(CCC(=O)NCc2nc(-c3ccncc3)cs2)cc1Br. The molecule has 0 spiro atoms. The van der Waals surface area contributed by atoms with E-state index >= 15 is 0 Å². The van der Waals surface area contributed by atoms with Crippen LogP contribution in [0.25, 0.3) is 11.3 Å². The van der Waals surface area contributed by atoms with Crippen molar-refractivity contribution in [1.29, 1.82) is 0 Å². The molecule has 0 radical (unpaired) electrons. The van der Waals surface area contributed by atoms with Crippen LogP contribution in [0.15, 0.2) is 52.6 Å². The second-order valence-electron chi connectivity index (χ2n) is 5.61. The molecule has 3 rings (SSSR count). The first-order valence-electron chi connectivity index (χ1n) is 8.09. The van der Waals surface area contributed by atoms with Gasteiger partial charge in [-0.05, 0) is 52.2 Å². The second-order valence-corrected chi connectivity index (χ2v) is 7.40. The van der Waals surface area contributed by atoms with Gasteiger partial charge in [-0.1, -0.05) is 6.07 Å². The standard InChI is InChI=1S/C19H18BrN3O2S/c1-25-17-4-2-13(10-15(17)20)3-5-18(24)22-11-19-23-16(12-26-19)14-6-8-21-9-7-14/h2,4,6-10,12H,3,5,11H2,1H3,(H,22,24). The molecule has 3 aromatic rings. The van der Waals surface area contributed by atoms with Crippen molar-refractivity contribution in [1.82, 2.24) is 15.3 Å². The topological polar surface area (TPSA) is 64.1 Å². The Morgan fingerprint density at radius 3 is 2.81 bits per heavy atom. The van der Waals surface area contributed by atoms with E-state index in [9.17, 15) is 4.79 Å². The number of thiazole rings is 1. The highest BCUT2D eigenvalue weighted by atomic mass is 79.9. The number of carbonyl (C=O) groups is 1. The van der Waals surface area contributed by atoms with Crippen LogP contribution < -0.4 is 10.1 Å². The number of halogens is 1. The van der Waals surface area contributed by atoms with Gasteiger partial charge in [-0.3, -0.25) is 9.78 Å². The summed E-state index contributed by atoms with van der Waals surface area (Å²) in [5, 5.41) is 5.81. The number of aryl methyl sites for hydroxylation is 1. The predicted molar refractivity (Wildman–Crippen MR) is 106 cm³/mol. The van der Waals surface area contributed by atoms with Gasteiger partial charge in [0.15, 0.2) is 0 Å². The Balaban J connectivity index is 1.49. The van der Waals surface area contributed by atoms with E-state index in [-0.39, 0.29) is 5.91 Å². The molecule has 134 valence electrons. The third-order valence-corrected chi connectivity index (χ3v) is 5.29. The second kappa shape index (κ2) is 8.91. The summed E-state index contributed by atoms with van der Waals surface area (Å²) in [6.07, 6.45) is 4.59. The van der Waals surface area contributed by atoms with Gasteiger partial charge in [-0.25, -0.2) is 4.98 Å². The van der Waals surface area contributed by atoms with Crippen LogP contribution in [-0.4, -0.2) is 23.0 Å². The Kier molecular flexibility index (Phi) is 6.35. The van der Waals surface area contributed by atoms with Gasteiger partial charge in [0.2, 0.25) is 5.91 Å². The van der Waals surface area contributed by atoms with E-state index in [1.807, 2.05) is 35.7 Å². The summed E-state index contributed by atoms with van der Waals surface area (Å²) < 4.78 is 6.10. The highest BCUT2D eigenvalue weighted by molar-refractivity contribution is 9.10. The molecule has 1 N–H and O–H groups in total. The van der Waals surface area contributed by atoms with Gasteiger partial charge >= 0.3 is 0 Å². The molecule has 0 saturated carbocycles. The van der Waals surface area contributed by atoms with Crippen molar-refractivity contribution >= 4 is 33.2 Å². The quantitative estimate of drug-likeness (QED) is 0.607. The zero-order valence-electron chi connectivity index (χ0n) is 14.2. The van der Waals surface area contributed by atoms with Crippen LogP contribution in [0.1, 0.15) is 17.0 Å². The molecule has 0 aliphatic carbocycles. The van der Waals surface area contributed by atoms with Crippen molar-refractivity contribution in [3.05, 3.63) is 63.1 Å². The number of aromatic nitrogens is 2. The van der Waals surface area contributed by atoms with Crippen LogP contribution in [0.3, 0.4) is 0 Å². The van der Waals surface area contributed by atoms with Gasteiger partial charge < -0.3 is 10.1 Å².